The average molecular weight is 246 g/mol. The van der Waals surface area contributed by atoms with Gasteiger partial charge in [-0.3, -0.25) is 4.98 Å². The molecule has 2 aromatic rings. The summed E-state index contributed by atoms with van der Waals surface area (Å²) in [5.41, 5.74) is 1.48. The molecular formula is C14H15FN2O. The predicted octanol–water partition coefficient (Wildman–Crippen LogP) is 2.52. The highest BCUT2D eigenvalue weighted by Crippen LogP contribution is 2.13. The quantitative estimate of drug-likeness (QED) is 0.880. The van der Waals surface area contributed by atoms with E-state index in [1.807, 2.05) is 19.2 Å². The first kappa shape index (κ1) is 12.5. The molecule has 0 aliphatic carbocycles. The minimum atomic E-state index is -0.253. The van der Waals surface area contributed by atoms with Gasteiger partial charge in [-0.15, -0.1) is 0 Å². The topological polar surface area (TPSA) is 34.1 Å². The van der Waals surface area contributed by atoms with Gasteiger partial charge in [0.25, 0.3) is 0 Å². The van der Waals surface area contributed by atoms with Crippen molar-refractivity contribution >= 4 is 0 Å². The van der Waals surface area contributed by atoms with Gasteiger partial charge in [0.2, 0.25) is 0 Å². The zero-order chi connectivity index (χ0) is 12.8. The largest absolute Gasteiger partial charge is 0.487 e. The first-order valence-corrected chi connectivity index (χ1v) is 5.75. The van der Waals surface area contributed by atoms with Crippen molar-refractivity contribution in [3.63, 3.8) is 0 Å². The number of nitrogens with zero attached hydrogens (tertiary/aromatic N) is 1. The van der Waals surface area contributed by atoms with E-state index >= 15 is 0 Å². The molecule has 0 aliphatic rings. The second-order valence-electron chi connectivity index (χ2n) is 3.90. The van der Waals surface area contributed by atoms with E-state index in [0.29, 0.717) is 17.9 Å². The number of ether oxygens (including phenoxy) is 1. The number of nitrogens with one attached hydrogen (secondary N) is 1. The summed E-state index contributed by atoms with van der Waals surface area (Å²) < 4.78 is 18.8. The molecule has 0 atom stereocenters. The Labute approximate surface area is 106 Å². The third kappa shape index (κ3) is 3.28. The van der Waals surface area contributed by atoms with Crippen molar-refractivity contribution in [3.8, 4) is 5.75 Å². The van der Waals surface area contributed by atoms with E-state index in [1.165, 1.54) is 6.07 Å². The Morgan fingerprint density at radius 2 is 2.06 bits per heavy atom. The van der Waals surface area contributed by atoms with Crippen LogP contribution in [0.2, 0.25) is 0 Å². The van der Waals surface area contributed by atoms with Crippen molar-refractivity contribution < 1.29 is 9.13 Å². The molecule has 1 N–H and O–H groups in total. The van der Waals surface area contributed by atoms with Crippen LogP contribution >= 0.6 is 0 Å². The van der Waals surface area contributed by atoms with Crippen molar-refractivity contribution in [2.45, 2.75) is 13.2 Å². The molecule has 0 radical (unpaired) electrons. The Hall–Kier alpha value is -1.94. The van der Waals surface area contributed by atoms with Crippen LogP contribution in [0.5, 0.6) is 5.75 Å². The van der Waals surface area contributed by atoms with Crippen LogP contribution in [0.15, 0.2) is 42.6 Å². The third-order valence-corrected chi connectivity index (χ3v) is 2.51. The van der Waals surface area contributed by atoms with Gasteiger partial charge >= 0.3 is 0 Å². The predicted molar refractivity (Wildman–Crippen MR) is 67.7 cm³/mol. The van der Waals surface area contributed by atoms with E-state index in [4.69, 9.17) is 4.74 Å². The Morgan fingerprint density at radius 1 is 1.22 bits per heavy atom. The third-order valence-electron chi connectivity index (χ3n) is 2.51. The Bertz CT molecular complexity index is 499. The number of hydrogen-bond acceptors (Lipinski definition) is 3. The molecule has 0 saturated carbocycles. The van der Waals surface area contributed by atoms with Crippen LogP contribution in [-0.2, 0) is 13.2 Å². The molecule has 1 aromatic heterocycles. The fraction of sp³-hybridized carbons (Fsp3) is 0.214. The minimum absolute atomic E-state index is 0.208. The summed E-state index contributed by atoms with van der Waals surface area (Å²) in [5, 5.41) is 3.02. The normalized spacial score (nSPS) is 10.3. The lowest BCUT2D eigenvalue weighted by molar-refractivity contribution is 0.298. The summed E-state index contributed by atoms with van der Waals surface area (Å²) in [5.74, 6) is 0.385. The molecule has 1 heterocycles. The highest BCUT2D eigenvalue weighted by atomic mass is 19.1. The van der Waals surface area contributed by atoms with Crippen LogP contribution in [0.25, 0.3) is 0 Å². The van der Waals surface area contributed by atoms with E-state index < -0.39 is 0 Å². The fourth-order valence-electron chi connectivity index (χ4n) is 1.56. The summed E-state index contributed by atoms with van der Waals surface area (Å²) in [6.07, 6.45) is 1.65. The van der Waals surface area contributed by atoms with E-state index in [2.05, 4.69) is 10.3 Å². The molecule has 0 unspecified atom stereocenters. The van der Waals surface area contributed by atoms with Crippen molar-refractivity contribution in [2.24, 2.45) is 0 Å². The summed E-state index contributed by atoms with van der Waals surface area (Å²) in [7, 11) is 1.87. The Kier molecular flexibility index (Phi) is 4.25. The second-order valence-corrected chi connectivity index (χ2v) is 3.90. The van der Waals surface area contributed by atoms with Crippen LogP contribution in [0, 0.1) is 5.82 Å². The average Bonchev–Trinajstić information content (AvgIpc) is 2.40. The number of hydrogen-bond donors (Lipinski definition) is 1. The minimum Gasteiger partial charge on any atom is -0.487 e. The zero-order valence-electron chi connectivity index (χ0n) is 10.2. The number of halogens is 1. The first-order valence-electron chi connectivity index (χ1n) is 5.75. The summed E-state index contributed by atoms with van der Waals surface area (Å²) in [6.45, 7) is 0.924. The van der Waals surface area contributed by atoms with E-state index in [1.54, 1.807) is 24.4 Å². The van der Waals surface area contributed by atoms with Crippen LogP contribution in [-0.4, -0.2) is 12.0 Å². The Balaban J connectivity index is 1.96. The van der Waals surface area contributed by atoms with E-state index in [-0.39, 0.29) is 12.4 Å². The van der Waals surface area contributed by atoms with E-state index in [0.717, 1.165) is 5.69 Å². The Morgan fingerprint density at radius 3 is 2.72 bits per heavy atom. The molecule has 0 aliphatic heterocycles. The molecule has 94 valence electrons. The zero-order valence-corrected chi connectivity index (χ0v) is 10.2. The second kappa shape index (κ2) is 6.12. The first-order chi connectivity index (χ1) is 8.79. The van der Waals surface area contributed by atoms with Gasteiger partial charge in [-0.25, -0.2) is 4.39 Å². The molecule has 4 heteroatoms. The number of benzene rings is 1. The molecular weight excluding hydrogens is 231 g/mol. The number of rotatable bonds is 5. The summed E-state index contributed by atoms with van der Waals surface area (Å²) in [4.78, 5) is 4.22. The molecule has 0 saturated heterocycles. The highest BCUT2D eigenvalue weighted by molar-refractivity contribution is 5.22. The van der Waals surface area contributed by atoms with Gasteiger partial charge in [0.15, 0.2) is 0 Å². The standard InChI is InChI=1S/C14H15FN2O/c1-16-8-12-6-7-13(9-17-12)18-10-11-4-2-3-5-14(11)15/h2-7,9,16H,8,10H2,1H3. The van der Waals surface area contributed by atoms with Crippen molar-refractivity contribution in [3.05, 3.63) is 59.7 Å². The maximum absolute atomic E-state index is 13.4. The molecule has 0 bridgehead atoms. The number of aromatic nitrogens is 1. The smallest absolute Gasteiger partial charge is 0.138 e. The fourth-order valence-corrected chi connectivity index (χ4v) is 1.56. The maximum Gasteiger partial charge on any atom is 0.138 e. The van der Waals surface area contributed by atoms with Gasteiger partial charge < -0.3 is 10.1 Å². The molecule has 1 aromatic carbocycles. The van der Waals surface area contributed by atoms with Crippen LogP contribution in [0.3, 0.4) is 0 Å². The highest BCUT2D eigenvalue weighted by Gasteiger charge is 2.02. The van der Waals surface area contributed by atoms with E-state index in [9.17, 15) is 4.39 Å². The molecule has 0 amide bonds. The van der Waals surface area contributed by atoms with Crippen LogP contribution < -0.4 is 10.1 Å². The molecule has 0 spiro atoms. The monoisotopic (exact) mass is 246 g/mol. The molecule has 18 heavy (non-hydrogen) atoms. The van der Waals surface area contributed by atoms with Gasteiger partial charge in [0.05, 0.1) is 11.9 Å². The SMILES string of the molecule is CNCc1ccc(OCc2ccccc2F)cn1. The van der Waals surface area contributed by atoms with Gasteiger partial charge in [-0.1, -0.05) is 18.2 Å². The summed E-state index contributed by atoms with van der Waals surface area (Å²) >= 11 is 0. The van der Waals surface area contributed by atoms with Gasteiger partial charge in [-0.2, -0.15) is 0 Å². The lowest BCUT2D eigenvalue weighted by Crippen LogP contribution is -2.06. The van der Waals surface area contributed by atoms with Crippen molar-refractivity contribution in [2.75, 3.05) is 7.05 Å². The van der Waals surface area contributed by atoms with Gasteiger partial charge in [0.1, 0.15) is 18.2 Å². The molecule has 2 rings (SSSR count). The number of pyridine rings is 1. The lowest BCUT2D eigenvalue weighted by Gasteiger charge is -2.07. The van der Waals surface area contributed by atoms with Crippen molar-refractivity contribution in [1.82, 2.24) is 10.3 Å². The summed E-state index contributed by atoms with van der Waals surface area (Å²) in [6, 6.07) is 10.3. The van der Waals surface area contributed by atoms with Gasteiger partial charge in [-0.05, 0) is 25.2 Å². The maximum atomic E-state index is 13.4. The molecule has 0 fully saturated rings. The molecule has 3 nitrogen and oxygen atoms in total. The van der Waals surface area contributed by atoms with Crippen LogP contribution in [0.4, 0.5) is 4.39 Å². The van der Waals surface area contributed by atoms with Gasteiger partial charge in [0, 0.05) is 12.1 Å². The lowest BCUT2D eigenvalue weighted by atomic mass is 10.2. The van der Waals surface area contributed by atoms with Crippen LogP contribution in [0.1, 0.15) is 11.3 Å². The van der Waals surface area contributed by atoms with Crippen molar-refractivity contribution in [1.29, 1.82) is 0 Å².